The third-order valence-corrected chi connectivity index (χ3v) is 5.17. The quantitative estimate of drug-likeness (QED) is 0.593. The first kappa shape index (κ1) is 23.2. The molecule has 29 heavy (non-hydrogen) atoms. The predicted octanol–water partition coefficient (Wildman–Crippen LogP) is 4.73. The molecule has 0 aliphatic carbocycles. The van der Waals surface area contributed by atoms with Crippen molar-refractivity contribution in [3.8, 4) is 5.75 Å². The lowest BCUT2D eigenvalue weighted by molar-refractivity contribution is -0.142. The van der Waals surface area contributed by atoms with Crippen LogP contribution in [0, 0.1) is 6.92 Å². The van der Waals surface area contributed by atoms with E-state index in [0.29, 0.717) is 21.8 Å². The molecule has 2 aromatic rings. The molecular weight excluding hydrogens is 456 g/mol. The molecule has 2 aromatic carbocycles. The maximum atomic E-state index is 13.0. The molecule has 0 saturated heterocycles. The van der Waals surface area contributed by atoms with E-state index in [-0.39, 0.29) is 24.5 Å². The molecule has 0 fully saturated rings. The highest BCUT2D eigenvalue weighted by Gasteiger charge is 2.27. The first-order chi connectivity index (χ1) is 13.7. The fourth-order valence-corrected chi connectivity index (χ4v) is 3.49. The van der Waals surface area contributed by atoms with Gasteiger partial charge in [0.1, 0.15) is 11.8 Å². The Hall–Kier alpha value is -2.05. The van der Waals surface area contributed by atoms with E-state index in [9.17, 15) is 9.59 Å². The molecule has 2 amide bonds. The summed E-state index contributed by atoms with van der Waals surface area (Å²) in [4.78, 5) is 27.1. The van der Waals surface area contributed by atoms with Gasteiger partial charge in [-0.15, -0.1) is 0 Å². The number of nitrogens with one attached hydrogen (secondary N) is 1. The predicted molar refractivity (Wildman–Crippen MR) is 119 cm³/mol. The Bertz CT molecular complexity index is 856. The lowest BCUT2D eigenvalue weighted by atomic mass is 10.1. The second-order valence-electron chi connectivity index (χ2n) is 7.21. The van der Waals surface area contributed by atoms with E-state index >= 15 is 0 Å². The van der Waals surface area contributed by atoms with Crippen LogP contribution < -0.4 is 10.1 Å². The number of carbonyl (C=O) groups is 2. The monoisotopic (exact) mass is 480 g/mol. The highest BCUT2D eigenvalue weighted by molar-refractivity contribution is 9.10. The standard InChI is InChI=1S/C22H26BrClN2O3/c1-14(2)25-22(28)16(4)26(12-17-7-5-15(3)6-8-17)21(27)13-29-20-10-9-18(24)11-19(20)23/h5-11,14,16H,12-13H2,1-4H3,(H,25,28)/t16-/m0/s1. The maximum absolute atomic E-state index is 13.0. The van der Waals surface area contributed by atoms with E-state index in [1.165, 1.54) is 4.90 Å². The van der Waals surface area contributed by atoms with Gasteiger partial charge in [-0.1, -0.05) is 41.4 Å². The highest BCUT2D eigenvalue weighted by Crippen LogP contribution is 2.28. The van der Waals surface area contributed by atoms with E-state index in [1.54, 1.807) is 25.1 Å². The molecule has 7 heteroatoms. The number of halogens is 2. The molecule has 2 rings (SSSR count). The lowest BCUT2D eigenvalue weighted by Gasteiger charge is -2.29. The molecule has 5 nitrogen and oxygen atoms in total. The Morgan fingerprint density at radius 3 is 2.38 bits per heavy atom. The van der Waals surface area contributed by atoms with Gasteiger partial charge in [0, 0.05) is 17.6 Å². The number of rotatable bonds is 8. The number of nitrogens with zero attached hydrogens (tertiary/aromatic N) is 1. The van der Waals surface area contributed by atoms with Crippen molar-refractivity contribution < 1.29 is 14.3 Å². The van der Waals surface area contributed by atoms with Crippen LogP contribution in [0.5, 0.6) is 5.75 Å². The van der Waals surface area contributed by atoms with Gasteiger partial charge in [-0.25, -0.2) is 0 Å². The number of hydrogen-bond acceptors (Lipinski definition) is 3. The summed E-state index contributed by atoms with van der Waals surface area (Å²) in [7, 11) is 0. The molecule has 0 aliphatic heterocycles. The van der Waals surface area contributed by atoms with Crippen LogP contribution in [0.2, 0.25) is 5.02 Å². The average molecular weight is 482 g/mol. The molecule has 0 aromatic heterocycles. The largest absolute Gasteiger partial charge is 0.483 e. The van der Waals surface area contributed by atoms with Crippen LogP contribution in [0.25, 0.3) is 0 Å². The van der Waals surface area contributed by atoms with Crippen LogP contribution in [0.3, 0.4) is 0 Å². The minimum absolute atomic E-state index is 0.0115. The molecule has 0 radical (unpaired) electrons. The molecule has 1 atom stereocenters. The Labute approximate surface area is 185 Å². The highest BCUT2D eigenvalue weighted by atomic mass is 79.9. The third kappa shape index (κ3) is 7.05. The third-order valence-electron chi connectivity index (χ3n) is 4.32. The van der Waals surface area contributed by atoms with Crippen LogP contribution in [0.15, 0.2) is 46.9 Å². The van der Waals surface area contributed by atoms with Crippen LogP contribution in [0.1, 0.15) is 31.9 Å². The van der Waals surface area contributed by atoms with E-state index in [0.717, 1.165) is 11.1 Å². The van der Waals surface area contributed by atoms with E-state index < -0.39 is 6.04 Å². The molecular formula is C22H26BrClN2O3. The zero-order chi connectivity index (χ0) is 21.6. The van der Waals surface area contributed by atoms with E-state index in [4.69, 9.17) is 16.3 Å². The number of benzene rings is 2. The Balaban J connectivity index is 2.16. The van der Waals surface area contributed by atoms with Crippen LogP contribution >= 0.6 is 27.5 Å². The normalized spacial score (nSPS) is 11.8. The second-order valence-corrected chi connectivity index (χ2v) is 8.50. The van der Waals surface area contributed by atoms with Gasteiger partial charge in [0.15, 0.2) is 6.61 Å². The number of aryl methyl sites for hydroxylation is 1. The molecule has 0 saturated carbocycles. The lowest BCUT2D eigenvalue weighted by Crippen LogP contribution is -2.50. The molecule has 0 aliphatic rings. The SMILES string of the molecule is Cc1ccc(CN(C(=O)COc2ccc(Cl)cc2Br)[C@@H](C)C(=O)NC(C)C)cc1. The Kier molecular flexibility index (Phi) is 8.53. The van der Waals surface area contributed by atoms with E-state index in [1.807, 2.05) is 45.0 Å². The summed E-state index contributed by atoms with van der Waals surface area (Å²) in [5.74, 6) is 0.0317. The summed E-state index contributed by atoms with van der Waals surface area (Å²) in [6, 6.07) is 12.3. The molecule has 156 valence electrons. The van der Waals surface area contributed by atoms with Crippen molar-refractivity contribution >= 4 is 39.3 Å². The van der Waals surface area contributed by atoms with Crippen molar-refractivity contribution in [2.45, 2.75) is 46.3 Å². The van der Waals surface area contributed by atoms with Crippen molar-refractivity contribution in [3.63, 3.8) is 0 Å². The molecule has 1 N–H and O–H groups in total. The number of ether oxygens (including phenoxy) is 1. The van der Waals surface area contributed by atoms with Crippen molar-refractivity contribution in [3.05, 3.63) is 63.1 Å². The summed E-state index contributed by atoms with van der Waals surface area (Å²) in [6.45, 7) is 7.63. The topological polar surface area (TPSA) is 58.6 Å². The van der Waals surface area contributed by atoms with Gasteiger partial charge in [-0.05, 0) is 67.4 Å². The van der Waals surface area contributed by atoms with Gasteiger partial charge in [-0.2, -0.15) is 0 Å². The fraction of sp³-hybridized carbons (Fsp3) is 0.364. The first-order valence-electron chi connectivity index (χ1n) is 9.40. The van der Waals surface area contributed by atoms with Gasteiger partial charge in [0.2, 0.25) is 5.91 Å². The van der Waals surface area contributed by atoms with Crippen molar-refractivity contribution in [1.29, 1.82) is 0 Å². The van der Waals surface area contributed by atoms with Gasteiger partial charge < -0.3 is 15.0 Å². The molecule has 0 heterocycles. The zero-order valence-electron chi connectivity index (χ0n) is 17.0. The zero-order valence-corrected chi connectivity index (χ0v) is 19.4. The van der Waals surface area contributed by atoms with Gasteiger partial charge >= 0.3 is 0 Å². The van der Waals surface area contributed by atoms with Crippen LogP contribution in [-0.2, 0) is 16.1 Å². The Morgan fingerprint density at radius 2 is 1.79 bits per heavy atom. The summed E-state index contributed by atoms with van der Waals surface area (Å²) in [6.07, 6.45) is 0. The van der Waals surface area contributed by atoms with Crippen molar-refractivity contribution in [1.82, 2.24) is 10.2 Å². The number of carbonyl (C=O) groups excluding carboxylic acids is 2. The average Bonchev–Trinajstić information content (AvgIpc) is 2.65. The van der Waals surface area contributed by atoms with Gasteiger partial charge in [0.05, 0.1) is 4.47 Å². The van der Waals surface area contributed by atoms with Crippen LogP contribution in [-0.4, -0.2) is 35.4 Å². The molecule has 0 spiro atoms. The minimum Gasteiger partial charge on any atom is -0.483 e. The summed E-state index contributed by atoms with van der Waals surface area (Å²) in [5, 5.41) is 3.43. The smallest absolute Gasteiger partial charge is 0.261 e. The molecule has 0 unspecified atom stereocenters. The maximum Gasteiger partial charge on any atom is 0.261 e. The van der Waals surface area contributed by atoms with Crippen molar-refractivity contribution in [2.24, 2.45) is 0 Å². The number of amides is 2. The fourth-order valence-electron chi connectivity index (χ4n) is 2.69. The first-order valence-corrected chi connectivity index (χ1v) is 10.6. The summed E-state index contributed by atoms with van der Waals surface area (Å²) in [5.41, 5.74) is 2.08. The second kappa shape index (κ2) is 10.6. The van der Waals surface area contributed by atoms with Crippen molar-refractivity contribution in [2.75, 3.05) is 6.61 Å². The summed E-state index contributed by atoms with van der Waals surface area (Å²) < 4.78 is 6.33. The Morgan fingerprint density at radius 1 is 1.14 bits per heavy atom. The van der Waals surface area contributed by atoms with Gasteiger partial charge in [-0.3, -0.25) is 9.59 Å². The molecule has 0 bridgehead atoms. The van der Waals surface area contributed by atoms with Gasteiger partial charge in [0.25, 0.3) is 5.91 Å². The van der Waals surface area contributed by atoms with Crippen LogP contribution in [0.4, 0.5) is 0 Å². The summed E-state index contributed by atoms with van der Waals surface area (Å²) >= 11 is 9.32. The number of hydrogen-bond donors (Lipinski definition) is 1. The van der Waals surface area contributed by atoms with E-state index in [2.05, 4.69) is 21.2 Å². The minimum atomic E-state index is -0.636.